The highest BCUT2D eigenvalue weighted by molar-refractivity contribution is 7.11. The van der Waals surface area contributed by atoms with Crippen LogP contribution in [-0.4, -0.2) is 17.1 Å². The monoisotopic (exact) mass is 373 g/mol. The first-order valence-corrected chi connectivity index (χ1v) is 9.34. The largest absolute Gasteiger partial charge is 0.272 e. The molecule has 0 unspecified atom stereocenters. The molecule has 2 N–H and O–H groups in total. The predicted molar refractivity (Wildman–Crippen MR) is 108 cm³/mol. The Morgan fingerprint density at radius 3 is 2.78 bits per heavy atom. The zero-order valence-electron chi connectivity index (χ0n) is 14.6. The second kappa shape index (κ2) is 7.47. The number of nitrogens with one attached hydrogen (secondary N) is 2. The van der Waals surface area contributed by atoms with E-state index in [9.17, 15) is 4.79 Å². The van der Waals surface area contributed by atoms with Crippen LogP contribution in [-0.2, 0) is 0 Å². The highest BCUT2D eigenvalue weighted by atomic mass is 32.1. The first-order valence-electron chi connectivity index (χ1n) is 8.46. The second-order valence-electron chi connectivity index (χ2n) is 6.03. The maximum Gasteiger partial charge on any atom is 0.272 e. The third kappa shape index (κ3) is 3.61. The normalized spacial score (nSPS) is 11.1. The number of rotatable bonds is 4. The molecule has 6 heteroatoms. The SMILES string of the molecule is Cc1ccsc1C=NNC(=O)c1cc(-c2cc[nH+]cc2)nc2ccccc12. The summed E-state index contributed by atoms with van der Waals surface area (Å²) in [5.74, 6) is -0.261. The number of carbonyl (C=O) groups excluding carboxylic acids is 1. The van der Waals surface area contributed by atoms with Gasteiger partial charge < -0.3 is 0 Å². The lowest BCUT2D eigenvalue weighted by Crippen LogP contribution is -2.18. The van der Waals surface area contributed by atoms with Crippen molar-refractivity contribution in [2.45, 2.75) is 6.92 Å². The van der Waals surface area contributed by atoms with Crippen LogP contribution in [0, 0.1) is 6.92 Å². The molecule has 3 aromatic heterocycles. The van der Waals surface area contributed by atoms with Gasteiger partial charge in [0.25, 0.3) is 5.91 Å². The first-order chi connectivity index (χ1) is 13.2. The smallest absolute Gasteiger partial charge is 0.267 e. The standard InChI is InChI=1S/C21H16N4OS/c1-14-8-11-27-20(14)13-23-25-21(26)17-12-19(15-6-9-22-10-7-15)24-18-5-3-2-4-16(17)18/h2-13H,1H3,(H,25,26)/p+1. The van der Waals surface area contributed by atoms with Crippen LogP contribution < -0.4 is 10.4 Å². The van der Waals surface area contributed by atoms with E-state index < -0.39 is 0 Å². The average molecular weight is 373 g/mol. The number of hydrogen-bond acceptors (Lipinski definition) is 4. The van der Waals surface area contributed by atoms with Gasteiger partial charge in [-0.1, -0.05) is 18.2 Å². The number of aromatic amines is 1. The lowest BCUT2D eigenvalue weighted by atomic mass is 10.0. The molecule has 0 aliphatic heterocycles. The number of carbonyl (C=O) groups is 1. The lowest BCUT2D eigenvalue weighted by molar-refractivity contribution is -0.377. The molecule has 1 aromatic carbocycles. The summed E-state index contributed by atoms with van der Waals surface area (Å²) in [6.07, 6.45) is 5.34. The lowest BCUT2D eigenvalue weighted by Gasteiger charge is -2.08. The van der Waals surface area contributed by atoms with Gasteiger partial charge in [-0.2, -0.15) is 5.10 Å². The molecule has 4 rings (SSSR count). The van der Waals surface area contributed by atoms with Crippen LogP contribution in [0.2, 0.25) is 0 Å². The fraction of sp³-hybridized carbons (Fsp3) is 0.0476. The van der Waals surface area contributed by atoms with Gasteiger partial charge in [0.2, 0.25) is 0 Å². The molecule has 0 bridgehead atoms. The molecule has 1 amide bonds. The molecule has 0 saturated carbocycles. The van der Waals surface area contributed by atoms with E-state index in [1.807, 2.05) is 67.2 Å². The van der Waals surface area contributed by atoms with Crippen LogP contribution in [0.3, 0.4) is 0 Å². The number of para-hydroxylation sites is 1. The third-order valence-electron chi connectivity index (χ3n) is 4.22. The fourth-order valence-corrected chi connectivity index (χ4v) is 3.58. The number of aryl methyl sites for hydroxylation is 1. The Kier molecular flexibility index (Phi) is 4.72. The van der Waals surface area contributed by atoms with E-state index in [-0.39, 0.29) is 5.91 Å². The van der Waals surface area contributed by atoms with E-state index in [2.05, 4.69) is 15.5 Å². The van der Waals surface area contributed by atoms with Gasteiger partial charge in [0.05, 0.1) is 23.0 Å². The topological polar surface area (TPSA) is 68.5 Å². The van der Waals surface area contributed by atoms with E-state index in [0.717, 1.165) is 32.6 Å². The van der Waals surface area contributed by atoms with Gasteiger partial charge in [-0.05, 0) is 36.1 Å². The Labute approximate surface area is 160 Å². The molecule has 3 heterocycles. The molecule has 0 atom stereocenters. The van der Waals surface area contributed by atoms with Crippen molar-refractivity contribution in [3.63, 3.8) is 0 Å². The number of benzene rings is 1. The number of aromatic nitrogens is 2. The minimum atomic E-state index is -0.261. The molecule has 0 radical (unpaired) electrons. The molecule has 5 nitrogen and oxygen atoms in total. The molecule has 27 heavy (non-hydrogen) atoms. The molecule has 132 valence electrons. The van der Waals surface area contributed by atoms with Gasteiger partial charge >= 0.3 is 0 Å². The number of hydrazone groups is 1. The molecule has 0 fully saturated rings. The van der Waals surface area contributed by atoms with Crippen molar-refractivity contribution in [1.82, 2.24) is 10.4 Å². The molecular weight excluding hydrogens is 356 g/mol. The van der Waals surface area contributed by atoms with Crippen molar-refractivity contribution >= 4 is 34.4 Å². The van der Waals surface area contributed by atoms with Crippen LogP contribution in [0.5, 0.6) is 0 Å². The summed E-state index contributed by atoms with van der Waals surface area (Å²) < 4.78 is 0. The Morgan fingerprint density at radius 1 is 1.19 bits per heavy atom. The number of pyridine rings is 2. The number of amides is 1. The number of fused-ring (bicyclic) bond motifs is 1. The zero-order valence-corrected chi connectivity index (χ0v) is 15.5. The zero-order chi connectivity index (χ0) is 18.6. The van der Waals surface area contributed by atoms with E-state index in [1.54, 1.807) is 23.6 Å². The van der Waals surface area contributed by atoms with Gasteiger partial charge in [0.15, 0.2) is 12.4 Å². The van der Waals surface area contributed by atoms with Gasteiger partial charge in [-0.25, -0.2) is 15.4 Å². The molecule has 0 aliphatic rings. The molecule has 4 aromatic rings. The molecular formula is C21H17N4OS+. The van der Waals surface area contributed by atoms with Crippen molar-refractivity contribution in [3.8, 4) is 11.3 Å². The summed E-state index contributed by atoms with van der Waals surface area (Å²) in [4.78, 5) is 21.5. The maximum absolute atomic E-state index is 12.8. The Morgan fingerprint density at radius 2 is 2.00 bits per heavy atom. The van der Waals surface area contributed by atoms with Crippen molar-refractivity contribution in [3.05, 3.63) is 82.3 Å². The second-order valence-corrected chi connectivity index (χ2v) is 6.98. The number of hydrogen-bond donors (Lipinski definition) is 1. The average Bonchev–Trinajstić information content (AvgIpc) is 3.12. The number of H-pyrrole nitrogens is 1. The maximum atomic E-state index is 12.8. The quantitative estimate of drug-likeness (QED) is 0.436. The number of nitrogens with zero attached hydrogens (tertiary/aromatic N) is 2. The van der Waals surface area contributed by atoms with Crippen molar-refractivity contribution in [2.24, 2.45) is 5.10 Å². The molecule has 0 aliphatic carbocycles. The summed E-state index contributed by atoms with van der Waals surface area (Å²) >= 11 is 1.59. The van der Waals surface area contributed by atoms with Crippen LogP contribution >= 0.6 is 11.3 Å². The van der Waals surface area contributed by atoms with Crippen LogP contribution in [0.25, 0.3) is 22.2 Å². The summed E-state index contributed by atoms with van der Waals surface area (Å²) in [7, 11) is 0. The van der Waals surface area contributed by atoms with Crippen molar-refractivity contribution in [2.75, 3.05) is 0 Å². The minimum absolute atomic E-state index is 0.261. The minimum Gasteiger partial charge on any atom is -0.267 e. The number of thiophene rings is 1. The fourth-order valence-electron chi connectivity index (χ4n) is 2.80. The summed E-state index contributed by atoms with van der Waals surface area (Å²) in [6.45, 7) is 2.01. The Balaban J connectivity index is 1.70. The summed E-state index contributed by atoms with van der Waals surface area (Å²) in [5, 5.41) is 6.91. The molecule has 0 spiro atoms. The summed E-state index contributed by atoms with van der Waals surface area (Å²) in [5.41, 5.74) is 6.77. The molecule has 0 saturated heterocycles. The Bertz CT molecular complexity index is 1140. The van der Waals surface area contributed by atoms with Gasteiger partial charge in [0, 0.05) is 28.0 Å². The van der Waals surface area contributed by atoms with Crippen LogP contribution in [0.1, 0.15) is 20.8 Å². The predicted octanol–water partition coefficient (Wildman–Crippen LogP) is 3.85. The first kappa shape index (κ1) is 17.1. The highest BCUT2D eigenvalue weighted by Crippen LogP contribution is 2.24. The highest BCUT2D eigenvalue weighted by Gasteiger charge is 2.13. The van der Waals surface area contributed by atoms with Crippen molar-refractivity contribution < 1.29 is 9.78 Å². The van der Waals surface area contributed by atoms with E-state index >= 15 is 0 Å². The van der Waals surface area contributed by atoms with Gasteiger partial charge in [-0.3, -0.25) is 4.79 Å². The van der Waals surface area contributed by atoms with E-state index in [4.69, 9.17) is 4.98 Å². The third-order valence-corrected chi connectivity index (χ3v) is 5.18. The van der Waals surface area contributed by atoms with Crippen LogP contribution in [0.15, 0.2) is 71.4 Å². The van der Waals surface area contributed by atoms with Crippen molar-refractivity contribution in [1.29, 1.82) is 0 Å². The van der Waals surface area contributed by atoms with E-state index in [1.165, 1.54) is 0 Å². The summed E-state index contributed by atoms with van der Waals surface area (Å²) in [6, 6.07) is 15.3. The van der Waals surface area contributed by atoms with Gasteiger partial charge in [-0.15, -0.1) is 11.3 Å². The van der Waals surface area contributed by atoms with E-state index in [0.29, 0.717) is 5.56 Å². The Hall–Kier alpha value is -3.38. The van der Waals surface area contributed by atoms with Gasteiger partial charge in [0.1, 0.15) is 0 Å². The van der Waals surface area contributed by atoms with Crippen LogP contribution in [0.4, 0.5) is 0 Å².